The second-order valence-electron chi connectivity index (χ2n) is 10.2. The molecule has 0 unspecified atom stereocenters. The zero-order valence-corrected chi connectivity index (χ0v) is 22.3. The Balaban J connectivity index is 1.44. The summed E-state index contributed by atoms with van der Waals surface area (Å²) in [5.41, 5.74) is -0.102. The van der Waals surface area contributed by atoms with Crippen molar-refractivity contribution >= 4 is 21.7 Å². The van der Waals surface area contributed by atoms with Crippen LogP contribution in [0.3, 0.4) is 0 Å². The van der Waals surface area contributed by atoms with Crippen molar-refractivity contribution in [2.45, 2.75) is 42.3 Å². The second-order valence-corrected chi connectivity index (χ2v) is 12.4. The van der Waals surface area contributed by atoms with Gasteiger partial charge in [-0.25, -0.2) is 22.5 Å². The van der Waals surface area contributed by atoms with Crippen molar-refractivity contribution in [2.75, 3.05) is 0 Å². The third-order valence-corrected chi connectivity index (χ3v) is 9.69. The van der Waals surface area contributed by atoms with E-state index in [0.29, 0.717) is 28.7 Å². The quantitative estimate of drug-likeness (QED) is 0.252. The Hall–Kier alpha value is -4.20. The van der Waals surface area contributed by atoms with Crippen molar-refractivity contribution in [1.82, 2.24) is 29.5 Å². The maximum atomic E-state index is 14.2. The van der Waals surface area contributed by atoms with Crippen LogP contribution < -0.4 is 0 Å². The van der Waals surface area contributed by atoms with Crippen LogP contribution in [-0.4, -0.2) is 49.0 Å². The molecular weight excluding hydrogens is 564 g/mol. The monoisotopic (exact) mass is 586 g/mol. The number of nitrogens with zero attached hydrogens (tertiary/aromatic N) is 6. The molecule has 0 bridgehead atoms. The van der Waals surface area contributed by atoms with Gasteiger partial charge in [-0.05, 0) is 73.7 Å². The van der Waals surface area contributed by atoms with Gasteiger partial charge in [-0.15, -0.1) is 5.10 Å². The smallest absolute Gasteiger partial charge is 0.291 e. The number of ketones is 1. The third kappa shape index (κ3) is 4.55. The first kappa shape index (κ1) is 27.0. The Morgan fingerprint density at radius 1 is 1.07 bits per heavy atom. The number of aryl methyl sites for hydroxylation is 1. The number of carbonyl (C=O) groups is 1. The molecule has 4 aromatic rings. The normalized spacial score (nSPS) is 20.7. The van der Waals surface area contributed by atoms with Crippen LogP contribution in [0.15, 0.2) is 65.8 Å². The van der Waals surface area contributed by atoms with Gasteiger partial charge in [-0.2, -0.15) is 18.3 Å². The molecule has 0 radical (unpaired) electrons. The van der Waals surface area contributed by atoms with Gasteiger partial charge < -0.3 is 0 Å². The highest BCUT2D eigenvalue weighted by Crippen LogP contribution is 2.51. The van der Waals surface area contributed by atoms with E-state index < -0.39 is 43.8 Å². The van der Waals surface area contributed by atoms with Crippen LogP contribution in [0, 0.1) is 11.2 Å². The summed E-state index contributed by atoms with van der Waals surface area (Å²) in [6.45, 7) is 0. The first-order valence-electron chi connectivity index (χ1n) is 12.6. The van der Waals surface area contributed by atoms with Crippen LogP contribution in [0.25, 0.3) is 11.8 Å². The lowest BCUT2D eigenvalue weighted by molar-refractivity contribution is -0.137. The first-order chi connectivity index (χ1) is 19.4. The number of benzene rings is 1. The Labute approximate surface area is 231 Å². The zero-order valence-electron chi connectivity index (χ0n) is 21.5. The van der Waals surface area contributed by atoms with E-state index in [2.05, 4.69) is 20.2 Å². The third-order valence-electron chi connectivity index (χ3n) is 7.72. The fraction of sp³-hybridized carbons (Fsp3) is 0.296. The summed E-state index contributed by atoms with van der Waals surface area (Å²) in [5, 5.41) is 7.02. The van der Waals surface area contributed by atoms with Crippen molar-refractivity contribution in [3.63, 3.8) is 0 Å². The fourth-order valence-electron chi connectivity index (χ4n) is 5.66. The molecule has 6 rings (SSSR count). The summed E-state index contributed by atoms with van der Waals surface area (Å²) in [4.78, 5) is 21.9. The number of Topliss-reactive ketones (excluding diaryl/α,β-unsaturated/α-hetero) is 1. The minimum Gasteiger partial charge on any atom is -0.291 e. The number of carbonyl (C=O) groups excluding carboxylic acids is 1. The average Bonchev–Trinajstić information content (AvgIpc) is 3.57. The minimum atomic E-state index is -4.63. The lowest BCUT2D eigenvalue weighted by Crippen LogP contribution is -2.46. The van der Waals surface area contributed by atoms with Crippen LogP contribution in [0.5, 0.6) is 0 Å². The Bertz CT molecular complexity index is 1790. The molecular formula is C27H22F4N6O3S. The number of hydrogen-bond acceptors (Lipinski definition) is 7. The summed E-state index contributed by atoms with van der Waals surface area (Å²) in [7, 11) is -2.50. The predicted octanol–water partition coefficient (Wildman–Crippen LogP) is 4.39. The number of halogens is 4. The summed E-state index contributed by atoms with van der Waals surface area (Å²) < 4.78 is 83.0. The van der Waals surface area contributed by atoms with Crippen molar-refractivity contribution in [1.29, 1.82) is 0 Å². The lowest BCUT2D eigenvalue weighted by atomic mass is 9.61. The van der Waals surface area contributed by atoms with Gasteiger partial charge in [-0.3, -0.25) is 14.5 Å². The molecule has 0 saturated heterocycles. The molecule has 9 nitrogen and oxygen atoms in total. The molecule has 0 spiro atoms. The van der Waals surface area contributed by atoms with Crippen molar-refractivity contribution in [3.05, 3.63) is 89.0 Å². The minimum absolute atomic E-state index is 0.0541. The van der Waals surface area contributed by atoms with Gasteiger partial charge in [0.15, 0.2) is 5.78 Å². The van der Waals surface area contributed by atoms with Crippen LogP contribution in [-0.2, 0) is 29.5 Å². The van der Waals surface area contributed by atoms with Crippen LogP contribution in [0.2, 0.25) is 0 Å². The Kier molecular flexibility index (Phi) is 6.21. The van der Waals surface area contributed by atoms with E-state index in [1.165, 1.54) is 30.2 Å². The molecule has 2 aliphatic carbocycles. The van der Waals surface area contributed by atoms with Crippen LogP contribution in [0.4, 0.5) is 17.6 Å². The molecule has 2 atom stereocenters. The number of alkyl halides is 3. The van der Waals surface area contributed by atoms with E-state index >= 15 is 0 Å². The molecule has 0 N–H and O–H groups in total. The fourth-order valence-corrected chi connectivity index (χ4v) is 7.32. The number of pyridine rings is 1. The number of sulfone groups is 1. The standard InChI is InChI=1S/C27H22F4N6O3S/c1-36-15-33-25(35-36)41(39,40)21-8-2-17-10-23-16(13-34-37(23)20-6-4-19(28)5-7-20)11-26(17,12-21)24(38)22-9-3-18(14-32-22)27(29,30)31/h3-7,9-10,13-15,21H,2,8,11-12H2,1H3/t21-,26-/m0/s1. The van der Waals surface area contributed by atoms with Crippen LogP contribution in [0.1, 0.15) is 46.6 Å². The molecule has 3 heterocycles. The Morgan fingerprint density at radius 3 is 2.46 bits per heavy atom. The number of aromatic nitrogens is 6. The maximum absolute atomic E-state index is 14.2. The molecule has 1 fully saturated rings. The first-order valence-corrected chi connectivity index (χ1v) is 14.1. The zero-order chi connectivity index (χ0) is 29.2. The van der Waals surface area contributed by atoms with Gasteiger partial charge in [0.25, 0.3) is 5.16 Å². The van der Waals surface area contributed by atoms with E-state index in [0.717, 1.165) is 12.1 Å². The molecule has 212 valence electrons. The largest absolute Gasteiger partial charge is 0.417 e. The molecule has 1 saturated carbocycles. The van der Waals surface area contributed by atoms with Crippen molar-refractivity contribution in [3.8, 4) is 5.69 Å². The Morgan fingerprint density at radius 2 is 1.83 bits per heavy atom. The molecule has 0 amide bonds. The van der Waals surface area contributed by atoms with Gasteiger partial charge in [0.1, 0.15) is 17.8 Å². The van der Waals surface area contributed by atoms with E-state index in [9.17, 15) is 30.8 Å². The highest BCUT2D eigenvalue weighted by Gasteiger charge is 2.52. The van der Waals surface area contributed by atoms with Gasteiger partial charge in [0, 0.05) is 13.2 Å². The number of hydrogen-bond donors (Lipinski definition) is 0. The predicted molar refractivity (Wildman–Crippen MR) is 137 cm³/mol. The van der Waals surface area contributed by atoms with Gasteiger partial charge >= 0.3 is 6.18 Å². The van der Waals surface area contributed by atoms with Crippen LogP contribution >= 0.6 is 0 Å². The molecule has 14 heteroatoms. The number of fused-ring (bicyclic) bond motifs is 2. The van der Waals surface area contributed by atoms with E-state index in [4.69, 9.17) is 0 Å². The van der Waals surface area contributed by atoms with Gasteiger partial charge in [0.2, 0.25) is 9.84 Å². The van der Waals surface area contributed by atoms with Crippen molar-refractivity contribution in [2.24, 2.45) is 12.5 Å². The van der Waals surface area contributed by atoms with Gasteiger partial charge in [-0.1, -0.05) is 5.57 Å². The summed E-state index contributed by atoms with van der Waals surface area (Å²) in [6, 6.07) is 7.52. The molecule has 41 heavy (non-hydrogen) atoms. The molecule has 3 aromatic heterocycles. The average molecular weight is 587 g/mol. The highest BCUT2D eigenvalue weighted by molar-refractivity contribution is 7.91. The molecule has 0 aliphatic heterocycles. The SMILES string of the molecule is Cn1cnc(S(=O)(=O)[C@H]2CCC3=Cc4c(cnn4-c4ccc(F)cc4)C[C@]3(C(=O)c3ccc(C(F)(F)F)cn3)C2)n1. The lowest BCUT2D eigenvalue weighted by Gasteiger charge is -2.43. The highest BCUT2D eigenvalue weighted by atomic mass is 32.2. The van der Waals surface area contributed by atoms with E-state index in [1.807, 2.05) is 0 Å². The second kappa shape index (κ2) is 9.43. The summed E-state index contributed by atoms with van der Waals surface area (Å²) >= 11 is 0. The molecule has 1 aromatic carbocycles. The van der Waals surface area contributed by atoms with Crippen molar-refractivity contribution < 1.29 is 30.8 Å². The number of rotatable bonds is 5. The number of allylic oxidation sites excluding steroid dienone is 1. The summed E-state index contributed by atoms with van der Waals surface area (Å²) in [6.07, 6.45) is 0.887. The topological polar surface area (TPSA) is 113 Å². The molecule has 2 aliphatic rings. The van der Waals surface area contributed by atoms with Gasteiger partial charge in [0.05, 0.1) is 33.8 Å². The van der Waals surface area contributed by atoms with E-state index in [1.54, 1.807) is 29.1 Å². The maximum Gasteiger partial charge on any atom is 0.417 e. The summed E-state index contributed by atoms with van der Waals surface area (Å²) in [5.74, 6) is -0.991. The van der Waals surface area contributed by atoms with E-state index in [-0.39, 0.29) is 36.5 Å².